The third-order valence-electron chi connectivity index (χ3n) is 12.4. The number of rotatable bonds is 5. The topological polar surface area (TPSA) is 54.7 Å². The Morgan fingerprint density at radius 1 is 0.419 bits per heavy atom. The minimum absolute atomic E-state index is 0.251. The van der Waals surface area contributed by atoms with Crippen molar-refractivity contribution in [2.45, 2.75) is 0 Å². The van der Waals surface area contributed by atoms with Crippen LogP contribution in [-0.2, 0) is 0 Å². The molecule has 6 heteroatoms. The number of thiophene rings is 1. The van der Waals surface area contributed by atoms with Crippen molar-refractivity contribution in [1.82, 2.24) is 15.0 Å². The van der Waals surface area contributed by atoms with E-state index in [-0.39, 0.29) is 5.28 Å². The van der Waals surface area contributed by atoms with Crippen LogP contribution in [0.5, 0.6) is 0 Å². The number of hydrogen-bond donors (Lipinski definition) is 1. The van der Waals surface area contributed by atoms with Gasteiger partial charge in [0.25, 0.3) is 0 Å². The summed E-state index contributed by atoms with van der Waals surface area (Å²) in [5, 5.41) is 8.45. The van der Waals surface area contributed by atoms with Crippen molar-refractivity contribution in [2.24, 2.45) is 0 Å². The first kappa shape index (κ1) is 35.2. The molecule has 13 aromatic rings. The van der Waals surface area contributed by atoms with Crippen LogP contribution in [0.2, 0.25) is 5.28 Å². The molecular formula is C56H32ClN3OS. The van der Waals surface area contributed by atoms with Crippen LogP contribution in [0.3, 0.4) is 0 Å². The predicted octanol–water partition coefficient (Wildman–Crippen LogP) is 16.5. The van der Waals surface area contributed by atoms with Gasteiger partial charge in [-0.1, -0.05) is 140 Å². The third kappa shape index (κ3) is 5.60. The van der Waals surface area contributed by atoms with Gasteiger partial charge in [-0.25, -0.2) is 9.97 Å². The van der Waals surface area contributed by atoms with Gasteiger partial charge in [0.15, 0.2) is 0 Å². The summed E-state index contributed by atoms with van der Waals surface area (Å²) in [5.41, 5.74) is 16.1. The van der Waals surface area contributed by atoms with Gasteiger partial charge >= 0.3 is 0 Å². The minimum atomic E-state index is 0.251. The highest BCUT2D eigenvalue weighted by Crippen LogP contribution is 2.42. The fraction of sp³-hybridized carbons (Fsp3) is 0. The van der Waals surface area contributed by atoms with Crippen LogP contribution in [0, 0.1) is 0 Å². The van der Waals surface area contributed by atoms with Crippen LogP contribution in [0.25, 0.3) is 131 Å². The maximum atomic E-state index is 6.42. The molecule has 0 saturated carbocycles. The molecule has 0 spiro atoms. The summed E-state index contributed by atoms with van der Waals surface area (Å²) in [6.07, 6.45) is 0. The van der Waals surface area contributed by atoms with Crippen molar-refractivity contribution in [1.29, 1.82) is 0 Å². The van der Waals surface area contributed by atoms with Crippen LogP contribution in [0.15, 0.2) is 192 Å². The standard InChI is InChI=1S/C56H32ClN3OS/c57-56-59-48-16-3-1-11-45(48)53(60-56)33-20-18-32(19-21-33)36-22-25-42-47-29-35(24-27-51(47)62-52(42)31-36)34-8-5-9-37(28-34)39-12-6-14-43-46-30-38(23-26-49(46)58-54(39)43)40-13-7-15-44-41-10-2-4-17-50(41)61-55(40)44/h1-31,58H. The van der Waals surface area contributed by atoms with Gasteiger partial charge in [0.05, 0.1) is 16.7 Å². The van der Waals surface area contributed by atoms with Crippen molar-refractivity contribution >= 4 is 97.8 Å². The van der Waals surface area contributed by atoms with Gasteiger partial charge in [-0.05, 0) is 93.5 Å². The first-order valence-corrected chi connectivity index (χ1v) is 21.8. The first-order valence-electron chi connectivity index (χ1n) is 20.6. The number of nitrogens with zero attached hydrogens (tertiary/aromatic N) is 2. The Morgan fingerprint density at radius 2 is 1.08 bits per heavy atom. The number of furan rings is 1. The van der Waals surface area contributed by atoms with Crippen LogP contribution < -0.4 is 0 Å². The molecule has 1 N–H and O–H groups in total. The van der Waals surface area contributed by atoms with E-state index < -0.39 is 0 Å². The molecule has 290 valence electrons. The number of aromatic nitrogens is 3. The van der Waals surface area contributed by atoms with Gasteiger partial charge in [-0.3, -0.25) is 0 Å². The summed E-state index contributed by atoms with van der Waals surface area (Å²) >= 11 is 8.15. The molecule has 0 fully saturated rings. The lowest BCUT2D eigenvalue weighted by Gasteiger charge is -2.08. The van der Waals surface area contributed by atoms with E-state index in [1.807, 2.05) is 47.7 Å². The molecule has 0 bridgehead atoms. The summed E-state index contributed by atoms with van der Waals surface area (Å²) in [6, 6.07) is 67.2. The number of para-hydroxylation sites is 4. The van der Waals surface area contributed by atoms with E-state index >= 15 is 0 Å². The highest BCUT2D eigenvalue weighted by molar-refractivity contribution is 7.25. The zero-order valence-corrected chi connectivity index (χ0v) is 34.6. The van der Waals surface area contributed by atoms with Crippen molar-refractivity contribution in [3.8, 4) is 55.8 Å². The number of hydrogen-bond acceptors (Lipinski definition) is 4. The van der Waals surface area contributed by atoms with Crippen molar-refractivity contribution in [3.63, 3.8) is 0 Å². The highest BCUT2D eigenvalue weighted by Gasteiger charge is 2.16. The Morgan fingerprint density at radius 3 is 2.00 bits per heavy atom. The molecule has 13 rings (SSSR count). The zero-order chi connectivity index (χ0) is 40.9. The number of nitrogens with one attached hydrogen (secondary N) is 1. The lowest BCUT2D eigenvalue weighted by atomic mass is 9.96. The summed E-state index contributed by atoms with van der Waals surface area (Å²) in [4.78, 5) is 12.8. The maximum Gasteiger partial charge on any atom is 0.223 e. The Kier molecular flexibility index (Phi) is 7.80. The largest absolute Gasteiger partial charge is 0.455 e. The van der Waals surface area contributed by atoms with E-state index in [9.17, 15) is 0 Å². The lowest BCUT2D eigenvalue weighted by Crippen LogP contribution is -1.91. The normalized spacial score (nSPS) is 12.0. The second-order valence-electron chi connectivity index (χ2n) is 15.9. The van der Waals surface area contributed by atoms with Crippen LogP contribution in [0.1, 0.15) is 0 Å². The molecule has 0 aliphatic heterocycles. The van der Waals surface area contributed by atoms with Crippen molar-refractivity contribution < 1.29 is 4.42 Å². The van der Waals surface area contributed by atoms with Crippen LogP contribution in [0.4, 0.5) is 0 Å². The van der Waals surface area contributed by atoms with E-state index in [4.69, 9.17) is 16.0 Å². The van der Waals surface area contributed by atoms with E-state index in [1.54, 1.807) is 0 Å². The molecule has 0 amide bonds. The number of benzene rings is 9. The second kappa shape index (κ2) is 13.7. The fourth-order valence-corrected chi connectivity index (χ4v) is 10.7. The molecule has 0 saturated heterocycles. The van der Waals surface area contributed by atoms with Gasteiger partial charge in [-0.15, -0.1) is 11.3 Å². The average Bonchev–Trinajstić information content (AvgIpc) is 4.02. The molecule has 0 radical (unpaired) electrons. The molecule has 0 atom stereocenters. The summed E-state index contributed by atoms with van der Waals surface area (Å²) in [5.74, 6) is 0. The van der Waals surface area contributed by atoms with Gasteiger partial charge in [0, 0.05) is 69.3 Å². The fourth-order valence-electron chi connectivity index (χ4n) is 9.40. The van der Waals surface area contributed by atoms with Gasteiger partial charge in [-0.2, -0.15) is 0 Å². The number of halogens is 1. The monoisotopic (exact) mass is 829 g/mol. The number of aromatic amines is 1. The Hall–Kier alpha value is -7.57. The summed E-state index contributed by atoms with van der Waals surface area (Å²) < 4.78 is 8.96. The van der Waals surface area contributed by atoms with E-state index in [2.05, 4.69) is 167 Å². The van der Waals surface area contributed by atoms with Crippen molar-refractivity contribution in [3.05, 3.63) is 193 Å². The van der Waals surface area contributed by atoms with Crippen LogP contribution in [-0.4, -0.2) is 15.0 Å². The minimum Gasteiger partial charge on any atom is -0.455 e. The molecule has 0 unspecified atom stereocenters. The van der Waals surface area contributed by atoms with Crippen molar-refractivity contribution in [2.75, 3.05) is 0 Å². The zero-order valence-electron chi connectivity index (χ0n) is 33.0. The second-order valence-corrected chi connectivity index (χ2v) is 17.4. The number of H-pyrrole nitrogens is 1. The lowest BCUT2D eigenvalue weighted by molar-refractivity contribution is 0.670. The van der Waals surface area contributed by atoms with Crippen LogP contribution >= 0.6 is 22.9 Å². The molecular weight excluding hydrogens is 798 g/mol. The molecule has 0 aliphatic rings. The quantitative estimate of drug-likeness (QED) is 0.176. The highest BCUT2D eigenvalue weighted by atomic mass is 35.5. The Bertz CT molecular complexity index is 3950. The molecule has 62 heavy (non-hydrogen) atoms. The SMILES string of the molecule is Clc1nc(-c2ccc(-c3ccc4c(c3)sc3ccc(-c5cccc(-c6cccc7c6[nH]c6ccc(-c8cccc9c8oc8ccccc89)cc67)c5)cc34)cc2)c2ccccc2n1. The summed E-state index contributed by atoms with van der Waals surface area (Å²) in [7, 11) is 0. The van der Waals surface area contributed by atoms with Gasteiger partial charge < -0.3 is 9.40 Å². The maximum absolute atomic E-state index is 6.42. The van der Waals surface area contributed by atoms with E-state index in [1.165, 1.54) is 58.8 Å². The molecule has 4 nitrogen and oxygen atoms in total. The molecule has 4 aromatic heterocycles. The van der Waals surface area contributed by atoms with E-state index in [0.29, 0.717) is 0 Å². The first-order chi connectivity index (χ1) is 30.6. The molecule has 4 heterocycles. The third-order valence-corrected chi connectivity index (χ3v) is 13.7. The Labute approximate surface area is 364 Å². The Balaban J connectivity index is 0.830. The molecule has 0 aliphatic carbocycles. The average molecular weight is 830 g/mol. The predicted molar refractivity (Wildman–Crippen MR) is 261 cm³/mol. The summed E-state index contributed by atoms with van der Waals surface area (Å²) in [6.45, 7) is 0. The van der Waals surface area contributed by atoms with Gasteiger partial charge in [0.2, 0.25) is 5.28 Å². The molecule has 9 aromatic carbocycles. The smallest absolute Gasteiger partial charge is 0.223 e. The van der Waals surface area contributed by atoms with E-state index in [0.717, 1.165) is 71.8 Å². The number of fused-ring (bicyclic) bond motifs is 10. The van der Waals surface area contributed by atoms with Gasteiger partial charge in [0.1, 0.15) is 11.2 Å².